The van der Waals surface area contributed by atoms with Gasteiger partial charge < -0.3 is 15.2 Å². The van der Waals surface area contributed by atoms with Crippen molar-refractivity contribution in [3.8, 4) is 0 Å². The van der Waals surface area contributed by atoms with E-state index in [1.54, 1.807) is 11.6 Å². The van der Waals surface area contributed by atoms with E-state index < -0.39 is 4.92 Å². The maximum atomic E-state index is 12.4. The number of nitrogens with one attached hydrogen (secondary N) is 2. The number of benzene rings is 2. The van der Waals surface area contributed by atoms with Crippen molar-refractivity contribution >= 4 is 40.6 Å². The molecule has 0 bridgehead atoms. The molecule has 0 atom stereocenters. The van der Waals surface area contributed by atoms with E-state index in [0.29, 0.717) is 16.7 Å². The summed E-state index contributed by atoms with van der Waals surface area (Å²) in [7, 11) is 1.73. The Morgan fingerprint density at radius 1 is 1.00 bits per heavy atom. The van der Waals surface area contributed by atoms with Crippen molar-refractivity contribution in [2.45, 2.75) is 25.4 Å². The lowest BCUT2D eigenvalue weighted by molar-refractivity contribution is -0.384. The van der Waals surface area contributed by atoms with Gasteiger partial charge in [-0.1, -0.05) is 17.8 Å². The molecular weight excluding hydrogens is 432 g/mol. The molecule has 2 N–H and O–H groups in total. The SMILES string of the molecule is Cc1ccc(NC(=O)Cc2nnc(SCC(=O)Nc3ccc([N+](=O)[O-])cc3)n2C)cc1C. The number of nitro groups is 1. The van der Waals surface area contributed by atoms with Crippen LogP contribution in [0.15, 0.2) is 47.6 Å². The molecule has 3 aromatic rings. The third-order valence-electron chi connectivity index (χ3n) is 4.73. The number of aryl methyl sites for hydroxylation is 2. The second-order valence-electron chi connectivity index (χ2n) is 7.12. The predicted octanol–water partition coefficient (Wildman–Crippen LogP) is 3.25. The van der Waals surface area contributed by atoms with E-state index in [1.807, 2.05) is 32.0 Å². The van der Waals surface area contributed by atoms with Crippen molar-refractivity contribution in [3.05, 3.63) is 69.5 Å². The van der Waals surface area contributed by atoms with Gasteiger partial charge in [0.25, 0.3) is 5.69 Å². The monoisotopic (exact) mass is 454 g/mol. The Labute approximate surface area is 188 Å². The van der Waals surface area contributed by atoms with E-state index in [4.69, 9.17) is 0 Å². The summed E-state index contributed by atoms with van der Waals surface area (Å²) in [5, 5.41) is 24.8. The summed E-state index contributed by atoms with van der Waals surface area (Å²) in [6.07, 6.45) is 0.0476. The van der Waals surface area contributed by atoms with Gasteiger partial charge in [0.2, 0.25) is 11.8 Å². The molecule has 1 heterocycles. The molecule has 0 fully saturated rings. The second kappa shape index (κ2) is 10.1. The number of hydrogen-bond donors (Lipinski definition) is 2. The van der Waals surface area contributed by atoms with E-state index in [0.717, 1.165) is 16.8 Å². The highest BCUT2D eigenvalue weighted by Crippen LogP contribution is 2.19. The molecular formula is C21H22N6O4S. The van der Waals surface area contributed by atoms with Crippen molar-refractivity contribution in [2.24, 2.45) is 7.05 Å². The fraction of sp³-hybridized carbons (Fsp3) is 0.238. The standard InChI is InChI=1S/C21H22N6O4S/c1-13-4-5-16(10-14(13)2)23-19(28)11-18-24-25-21(26(18)3)32-12-20(29)22-15-6-8-17(9-7-15)27(30)31/h4-10H,11-12H2,1-3H3,(H,22,29)(H,23,28). The second-order valence-corrected chi connectivity index (χ2v) is 8.07. The Balaban J connectivity index is 1.52. The number of nitro benzene ring substituents is 1. The summed E-state index contributed by atoms with van der Waals surface area (Å²) in [6, 6.07) is 11.3. The third kappa shape index (κ3) is 5.91. The van der Waals surface area contributed by atoms with Crippen molar-refractivity contribution in [2.75, 3.05) is 16.4 Å². The Bertz CT molecular complexity index is 1160. The number of nitrogens with zero attached hydrogens (tertiary/aromatic N) is 4. The Kier molecular flexibility index (Phi) is 7.21. The molecule has 0 aliphatic heterocycles. The van der Waals surface area contributed by atoms with E-state index in [9.17, 15) is 19.7 Å². The molecule has 0 saturated carbocycles. The van der Waals surface area contributed by atoms with Gasteiger partial charge in [-0.05, 0) is 49.2 Å². The van der Waals surface area contributed by atoms with Gasteiger partial charge in [0.05, 0.1) is 17.1 Å². The van der Waals surface area contributed by atoms with Crippen molar-refractivity contribution in [3.63, 3.8) is 0 Å². The van der Waals surface area contributed by atoms with Gasteiger partial charge in [0.15, 0.2) is 5.16 Å². The molecule has 0 unspecified atom stereocenters. The van der Waals surface area contributed by atoms with Crippen LogP contribution in [-0.2, 0) is 23.1 Å². The van der Waals surface area contributed by atoms with Crippen LogP contribution in [0.25, 0.3) is 0 Å². The highest BCUT2D eigenvalue weighted by atomic mass is 32.2. The molecule has 10 nitrogen and oxygen atoms in total. The summed E-state index contributed by atoms with van der Waals surface area (Å²) >= 11 is 1.18. The molecule has 0 aliphatic carbocycles. The summed E-state index contributed by atoms with van der Waals surface area (Å²) in [6.45, 7) is 3.99. The molecule has 32 heavy (non-hydrogen) atoms. The van der Waals surface area contributed by atoms with Gasteiger partial charge in [0, 0.05) is 30.6 Å². The smallest absolute Gasteiger partial charge is 0.269 e. The largest absolute Gasteiger partial charge is 0.326 e. The number of amides is 2. The summed E-state index contributed by atoms with van der Waals surface area (Å²) in [4.78, 5) is 34.7. The lowest BCUT2D eigenvalue weighted by Gasteiger charge is -2.08. The molecule has 11 heteroatoms. The predicted molar refractivity (Wildman–Crippen MR) is 122 cm³/mol. The van der Waals surface area contributed by atoms with Gasteiger partial charge in [-0.3, -0.25) is 19.7 Å². The highest BCUT2D eigenvalue weighted by Gasteiger charge is 2.15. The van der Waals surface area contributed by atoms with Crippen LogP contribution < -0.4 is 10.6 Å². The first kappa shape index (κ1) is 22.9. The first-order chi connectivity index (χ1) is 15.2. The quantitative estimate of drug-likeness (QED) is 0.303. The molecule has 0 spiro atoms. The number of non-ortho nitro benzene ring substituents is 1. The molecule has 2 aromatic carbocycles. The first-order valence-electron chi connectivity index (χ1n) is 9.65. The number of aromatic nitrogens is 3. The van der Waals surface area contributed by atoms with Crippen LogP contribution in [0.4, 0.5) is 17.1 Å². The van der Waals surface area contributed by atoms with Crippen LogP contribution in [0.2, 0.25) is 0 Å². The Hall–Kier alpha value is -3.73. The lowest BCUT2D eigenvalue weighted by atomic mass is 10.1. The van der Waals surface area contributed by atoms with Gasteiger partial charge in [-0.2, -0.15) is 0 Å². The fourth-order valence-electron chi connectivity index (χ4n) is 2.79. The number of hydrogen-bond acceptors (Lipinski definition) is 7. The van der Waals surface area contributed by atoms with Gasteiger partial charge in [-0.25, -0.2) is 0 Å². The maximum absolute atomic E-state index is 12.4. The normalized spacial score (nSPS) is 10.6. The van der Waals surface area contributed by atoms with E-state index >= 15 is 0 Å². The van der Waals surface area contributed by atoms with Gasteiger partial charge in [0.1, 0.15) is 5.82 Å². The zero-order chi connectivity index (χ0) is 23.3. The third-order valence-corrected chi connectivity index (χ3v) is 5.75. The fourth-order valence-corrected chi connectivity index (χ4v) is 3.52. The minimum Gasteiger partial charge on any atom is -0.326 e. The molecule has 0 saturated heterocycles. The van der Waals surface area contributed by atoms with Crippen LogP contribution >= 0.6 is 11.8 Å². The summed E-state index contributed by atoms with van der Waals surface area (Å²) < 4.78 is 1.67. The molecule has 2 amide bonds. The average Bonchev–Trinajstić information content (AvgIpc) is 3.09. The van der Waals surface area contributed by atoms with Gasteiger partial charge in [-0.15, -0.1) is 10.2 Å². The topological polar surface area (TPSA) is 132 Å². The highest BCUT2D eigenvalue weighted by molar-refractivity contribution is 7.99. The Morgan fingerprint density at radius 3 is 2.31 bits per heavy atom. The Morgan fingerprint density at radius 2 is 1.66 bits per heavy atom. The lowest BCUT2D eigenvalue weighted by Crippen LogP contribution is -2.17. The zero-order valence-electron chi connectivity index (χ0n) is 17.8. The van der Waals surface area contributed by atoms with Crippen LogP contribution in [0, 0.1) is 24.0 Å². The maximum Gasteiger partial charge on any atom is 0.269 e. The van der Waals surface area contributed by atoms with E-state index in [1.165, 1.54) is 36.0 Å². The first-order valence-corrected chi connectivity index (χ1v) is 10.6. The van der Waals surface area contributed by atoms with E-state index in [2.05, 4.69) is 20.8 Å². The molecule has 1 aromatic heterocycles. The van der Waals surface area contributed by atoms with Crippen LogP contribution in [0.3, 0.4) is 0 Å². The molecule has 0 aliphatic rings. The van der Waals surface area contributed by atoms with Crippen LogP contribution in [0.5, 0.6) is 0 Å². The number of anilines is 2. The number of carbonyl (C=O) groups excluding carboxylic acids is 2. The van der Waals surface area contributed by atoms with Gasteiger partial charge >= 0.3 is 0 Å². The molecule has 166 valence electrons. The zero-order valence-corrected chi connectivity index (χ0v) is 18.6. The minimum atomic E-state index is -0.505. The number of thioether (sulfide) groups is 1. The number of rotatable bonds is 8. The van der Waals surface area contributed by atoms with E-state index in [-0.39, 0.29) is 29.7 Å². The van der Waals surface area contributed by atoms with Crippen molar-refractivity contribution in [1.29, 1.82) is 0 Å². The van der Waals surface area contributed by atoms with Crippen molar-refractivity contribution in [1.82, 2.24) is 14.8 Å². The molecule has 3 rings (SSSR count). The number of carbonyl (C=O) groups is 2. The summed E-state index contributed by atoms with van der Waals surface area (Å²) in [5.74, 6) is 0.0411. The molecule has 0 radical (unpaired) electrons. The minimum absolute atomic E-state index is 0.0476. The van der Waals surface area contributed by atoms with Crippen LogP contribution in [-0.4, -0.2) is 37.3 Å². The average molecular weight is 455 g/mol. The van der Waals surface area contributed by atoms with Crippen molar-refractivity contribution < 1.29 is 14.5 Å². The summed E-state index contributed by atoms with van der Waals surface area (Å²) in [5.41, 5.74) is 3.37. The van der Waals surface area contributed by atoms with Crippen LogP contribution in [0.1, 0.15) is 17.0 Å².